The van der Waals surface area contributed by atoms with Crippen LogP contribution in [0.15, 0.2) is 47.6 Å². The maximum Gasteiger partial charge on any atom is 0.339 e. The van der Waals surface area contributed by atoms with Crippen molar-refractivity contribution in [1.82, 2.24) is 5.43 Å². The molecule has 1 aliphatic heterocycles. The number of benzene rings is 2. The van der Waals surface area contributed by atoms with Crippen molar-refractivity contribution >= 4 is 23.6 Å². The second-order valence-corrected chi connectivity index (χ2v) is 4.71. The first-order valence-electron chi connectivity index (χ1n) is 6.86. The quantitative estimate of drug-likeness (QED) is 0.508. The maximum absolute atomic E-state index is 11.7. The number of nitro groups is 1. The molecule has 0 fully saturated rings. The number of nitrogens with zero attached hydrogens (tertiary/aromatic N) is 2. The summed E-state index contributed by atoms with van der Waals surface area (Å²) < 4.78 is 10.3. The van der Waals surface area contributed by atoms with E-state index < -0.39 is 11.0 Å². The van der Waals surface area contributed by atoms with Crippen molar-refractivity contribution in [3.63, 3.8) is 0 Å². The number of hydrogen-bond acceptors (Lipinski definition) is 6. The zero-order valence-corrected chi connectivity index (χ0v) is 12.3. The first-order valence-corrected chi connectivity index (χ1v) is 6.86. The summed E-state index contributed by atoms with van der Waals surface area (Å²) in [5.74, 6) is 0.685. The van der Waals surface area contributed by atoms with Gasteiger partial charge in [-0.1, -0.05) is 18.2 Å². The lowest BCUT2D eigenvalue weighted by molar-refractivity contribution is -0.385. The number of para-hydroxylation sites is 1. The molecule has 1 aliphatic rings. The van der Waals surface area contributed by atoms with Gasteiger partial charge in [0.2, 0.25) is 6.79 Å². The second kappa shape index (κ2) is 6.65. The number of fused-ring (bicyclic) bond motifs is 1. The standard InChI is InChI=1S/C15H12N4O5/c20-15(17-11-4-2-1-3-5-11)18-16-8-10-6-13-14(24-9-23-13)7-12(10)19(21)22/h1-8H,9H2,(H2,17,18,20)/b16-8-. The fourth-order valence-electron chi connectivity index (χ4n) is 2.05. The summed E-state index contributed by atoms with van der Waals surface area (Å²) in [6.07, 6.45) is 1.17. The Morgan fingerprint density at radius 2 is 1.92 bits per heavy atom. The molecule has 24 heavy (non-hydrogen) atoms. The number of anilines is 1. The van der Waals surface area contributed by atoms with E-state index in [1.807, 2.05) is 6.07 Å². The lowest BCUT2D eigenvalue weighted by Crippen LogP contribution is -2.24. The number of rotatable bonds is 4. The highest BCUT2D eigenvalue weighted by molar-refractivity contribution is 5.91. The maximum atomic E-state index is 11.7. The molecule has 0 spiro atoms. The van der Waals surface area contributed by atoms with Crippen LogP contribution in [0.3, 0.4) is 0 Å². The molecule has 0 radical (unpaired) electrons. The van der Waals surface area contributed by atoms with E-state index in [9.17, 15) is 14.9 Å². The van der Waals surface area contributed by atoms with Crippen molar-refractivity contribution in [3.05, 3.63) is 58.1 Å². The van der Waals surface area contributed by atoms with Crippen LogP contribution in [0.1, 0.15) is 5.56 Å². The van der Waals surface area contributed by atoms with Gasteiger partial charge < -0.3 is 14.8 Å². The van der Waals surface area contributed by atoms with Crippen LogP contribution in [0.25, 0.3) is 0 Å². The Kier molecular flexibility index (Phi) is 4.23. The smallest absolute Gasteiger partial charge is 0.339 e. The predicted molar refractivity (Wildman–Crippen MR) is 85.4 cm³/mol. The van der Waals surface area contributed by atoms with E-state index in [-0.39, 0.29) is 18.0 Å². The molecule has 0 saturated carbocycles. The molecule has 2 aromatic carbocycles. The molecule has 2 aromatic rings. The van der Waals surface area contributed by atoms with Gasteiger partial charge in [0.25, 0.3) is 5.69 Å². The molecule has 9 nitrogen and oxygen atoms in total. The Hall–Kier alpha value is -3.62. The number of carbonyl (C=O) groups excluding carboxylic acids is 1. The van der Waals surface area contributed by atoms with Crippen LogP contribution in [0.5, 0.6) is 11.5 Å². The molecule has 122 valence electrons. The minimum absolute atomic E-state index is 0.00478. The SMILES string of the molecule is O=C(N/N=C\c1cc2c(cc1[N+](=O)[O-])OCO2)Nc1ccccc1. The fraction of sp³-hybridized carbons (Fsp3) is 0.0667. The third-order valence-corrected chi connectivity index (χ3v) is 3.12. The molecule has 0 aromatic heterocycles. The molecule has 0 unspecified atom stereocenters. The Morgan fingerprint density at radius 3 is 2.62 bits per heavy atom. The average molecular weight is 328 g/mol. The summed E-state index contributed by atoms with van der Waals surface area (Å²) >= 11 is 0. The van der Waals surface area contributed by atoms with Crippen LogP contribution < -0.4 is 20.2 Å². The Balaban J connectivity index is 1.70. The van der Waals surface area contributed by atoms with E-state index in [1.54, 1.807) is 24.3 Å². The minimum atomic E-state index is -0.569. The van der Waals surface area contributed by atoms with Gasteiger partial charge in [-0.15, -0.1) is 0 Å². The summed E-state index contributed by atoms with van der Waals surface area (Å²) in [6, 6.07) is 10.9. The summed E-state index contributed by atoms with van der Waals surface area (Å²) in [5, 5.41) is 17.4. The van der Waals surface area contributed by atoms with Crippen molar-refractivity contribution < 1.29 is 19.2 Å². The minimum Gasteiger partial charge on any atom is -0.454 e. The molecule has 2 N–H and O–H groups in total. The number of hydrazone groups is 1. The summed E-state index contributed by atoms with van der Waals surface area (Å²) in [5.41, 5.74) is 2.82. The normalized spacial score (nSPS) is 12.2. The number of hydrogen-bond donors (Lipinski definition) is 2. The Morgan fingerprint density at radius 1 is 1.21 bits per heavy atom. The van der Waals surface area contributed by atoms with E-state index in [4.69, 9.17) is 9.47 Å². The molecule has 2 amide bonds. The molecular formula is C15H12N4O5. The molecular weight excluding hydrogens is 316 g/mol. The van der Waals surface area contributed by atoms with Crippen LogP contribution in [0.4, 0.5) is 16.2 Å². The van der Waals surface area contributed by atoms with Crippen molar-refractivity contribution in [2.24, 2.45) is 5.10 Å². The number of urea groups is 1. The van der Waals surface area contributed by atoms with Gasteiger partial charge in [0.15, 0.2) is 11.5 Å². The second-order valence-electron chi connectivity index (χ2n) is 4.71. The first kappa shape index (κ1) is 15.3. The van der Waals surface area contributed by atoms with Crippen LogP contribution in [-0.2, 0) is 0 Å². The van der Waals surface area contributed by atoms with Crippen LogP contribution in [0, 0.1) is 10.1 Å². The van der Waals surface area contributed by atoms with Gasteiger partial charge in [0.1, 0.15) is 0 Å². The molecule has 0 saturated heterocycles. The topological polar surface area (TPSA) is 115 Å². The average Bonchev–Trinajstić information content (AvgIpc) is 3.02. The van der Waals surface area contributed by atoms with E-state index in [0.717, 1.165) is 0 Å². The van der Waals surface area contributed by atoms with Crippen LogP contribution in [-0.4, -0.2) is 24.0 Å². The van der Waals surface area contributed by atoms with E-state index in [0.29, 0.717) is 17.2 Å². The van der Waals surface area contributed by atoms with Gasteiger partial charge in [-0.3, -0.25) is 10.1 Å². The Bertz CT molecular complexity index is 807. The largest absolute Gasteiger partial charge is 0.454 e. The first-order chi connectivity index (χ1) is 11.6. The Labute approximate surface area is 136 Å². The number of amides is 2. The van der Waals surface area contributed by atoms with Gasteiger partial charge in [0.05, 0.1) is 22.8 Å². The lowest BCUT2D eigenvalue weighted by atomic mass is 10.1. The number of nitro benzene ring substituents is 1. The zero-order chi connectivity index (χ0) is 16.9. The number of carbonyl (C=O) groups is 1. The van der Waals surface area contributed by atoms with Gasteiger partial charge >= 0.3 is 6.03 Å². The van der Waals surface area contributed by atoms with Gasteiger partial charge in [-0.2, -0.15) is 5.10 Å². The van der Waals surface area contributed by atoms with Gasteiger partial charge in [0, 0.05) is 5.69 Å². The highest BCUT2D eigenvalue weighted by Gasteiger charge is 2.22. The van der Waals surface area contributed by atoms with Crippen LogP contribution in [0.2, 0.25) is 0 Å². The van der Waals surface area contributed by atoms with E-state index >= 15 is 0 Å². The molecule has 9 heteroatoms. The van der Waals surface area contributed by atoms with Crippen molar-refractivity contribution in [2.75, 3.05) is 12.1 Å². The molecule has 0 aliphatic carbocycles. The van der Waals surface area contributed by atoms with Crippen molar-refractivity contribution in [2.45, 2.75) is 0 Å². The third kappa shape index (κ3) is 3.40. The van der Waals surface area contributed by atoms with E-state index in [2.05, 4.69) is 15.8 Å². The summed E-state index contributed by atoms with van der Waals surface area (Å²) in [4.78, 5) is 22.2. The molecule has 0 bridgehead atoms. The highest BCUT2D eigenvalue weighted by atomic mass is 16.7. The lowest BCUT2D eigenvalue weighted by Gasteiger charge is -2.03. The van der Waals surface area contributed by atoms with Crippen molar-refractivity contribution in [3.8, 4) is 11.5 Å². The summed E-state index contributed by atoms with van der Waals surface area (Å²) in [6.45, 7) is 0.00478. The van der Waals surface area contributed by atoms with E-state index in [1.165, 1.54) is 18.3 Å². The van der Waals surface area contributed by atoms with Crippen molar-refractivity contribution in [1.29, 1.82) is 0 Å². The predicted octanol–water partition coefficient (Wildman–Crippen LogP) is 2.48. The van der Waals surface area contributed by atoms with Crippen LogP contribution >= 0.6 is 0 Å². The number of ether oxygens (including phenoxy) is 2. The summed E-state index contributed by atoms with van der Waals surface area (Å²) in [7, 11) is 0. The fourth-order valence-corrected chi connectivity index (χ4v) is 2.05. The van der Waals surface area contributed by atoms with Gasteiger partial charge in [-0.25, -0.2) is 10.2 Å². The van der Waals surface area contributed by atoms with Gasteiger partial charge in [-0.05, 0) is 18.2 Å². The zero-order valence-electron chi connectivity index (χ0n) is 12.3. The monoisotopic (exact) mass is 328 g/mol. The third-order valence-electron chi connectivity index (χ3n) is 3.12. The molecule has 3 rings (SSSR count). The number of nitrogens with one attached hydrogen (secondary N) is 2. The molecule has 1 heterocycles. The highest BCUT2D eigenvalue weighted by Crippen LogP contribution is 2.37. The molecule has 0 atom stereocenters.